The van der Waals surface area contributed by atoms with Crippen LogP contribution in [0.2, 0.25) is 0 Å². The molecule has 5 heteroatoms. The van der Waals surface area contributed by atoms with Crippen LogP contribution >= 0.6 is 0 Å². The van der Waals surface area contributed by atoms with Crippen LogP contribution in [0.3, 0.4) is 0 Å². The van der Waals surface area contributed by atoms with Gasteiger partial charge in [-0.1, -0.05) is 12.1 Å². The molecule has 2 amide bonds. The Kier molecular flexibility index (Phi) is 5.56. The number of nitrogens with zero attached hydrogens (tertiary/aromatic N) is 1. The third-order valence-corrected chi connectivity index (χ3v) is 3.80. The number of urea groups is 1. The van der Waals surface area contributed by atoms with Gasteiger partial charge in [0.25, 0.3) is 0 Å². The Hall–Kier alpha value is -1.62. The van der Waals surface area contributed by atoms with Gasteiger partial charge < -0.3 is 15.0 Å². The number of hydrogen-bond donors (Lipinski definition) is 1. The maximum Gasteiger partial charge on any atom is 0.317 e. The molecule has 0 unspecified atom stereocenters. The summed E-state index contributed by atoms with van der Waals surface area (Å²) in [6, 6.07) is 4.83. The molecule has 1 saturated heterocycles. The molecule has 0 bridgehead atoms. The van der Waals surface area contributed by atoms with Crippen molar-refractivity contribution in [3.63, 3.8) is 0 Å². The van der Waals surface area contributed by atoms with Crippen molar-refractivity contribution in [2.75, 3.05) is 19.7 Å². The summed E-state index contributed by atoms with van der Waals surface area (Å²) < 4.78 is 18.8. The Morgan fingerprint density at radius 3 is 2.76 bits per heavy atom. The third-order valence-electron chi connectivity index (χ3n) is 3.80. The van der Waals surface area contributed by atoms with Crippen LogP contribution in [0, 0.1) is 12.7 Å². The van der Waals surface area contributed by atoms with Crippen molar-refractivity contribution in [1.29, 1.82) is 0 Å². The van der Waals surface area contributed by atoms with Crippen molar-refractivity contribution in [2.45, 2.75) is 39.3 Å². The first-order valence-electron chi connectivity index (χ1n) is 7.49. The van der Waals surface area contributed by atoms with E-state index in [0.29, 0.717) is 12.1 Å². The summed E-state index contributed by atoms with van der Waals surface area (Å²) in [5, 5.41) is 2.89. The van der Waals surface area contributed by atoms with Crippen LogP contribution in [0.5, 0.6) is 0 Å². The van der Waals surface area contributed by atoms with E-state index in [-0.39, 0.29) is 18.0 Å². The average Bonchev–Trinajstić information content (AvgIpc) is 2.49. The predicted molar refractivity (Wildman–Crippen MR) is 79.6 cm³/mol. The van der Waals surface area contributed by atoms with Gasteiger partial charge in [-0.3, -0.25) is 0 Å². The van der Waals surface area contributed by atoms with E-state index in [2.05, 4.69) is 5.32 Å². The topological polar surface area (TPSA) is 41.6 Å². The normalized spacial score (nSPS) is 16.0. The highest BCUT2D eigenvalue weighted by Gasteiger charge is 2.22. The van der Waals surface area contributed by atoms with Gasteiger partial charge in [0.2, 0.25) is 0 Å². The summed E-state index contributed by atoms with van der Waals surface area (Å²) in [7, 11) is 0. The number of benzene rings is 1. The minimum atomic E-state index is -0.219. The zero-order chi connectivity index (χ0) is 15.2. The van der Waals surface area contributed by atoms with E-state index in [1.54, 1.807) is 19.1 Å². The highest BCUT2D eigenvalue weighted by molar-refractivity contribution is 5.74. The van der Waals surface area contributed by atoms with Crippen molar-refractivity contribution in [1.82, 2.24) is 10.2 Å². The van der Waals surface area contributed by atoms with Gasteiger partial charge in [-0.25, -0.2) is 9.18 Å². The fourth-order valence-electron chi connectivity index (χ4n) is 2.57. The number of piperidine rings is 1. The van der Waals surface area contributed by atoms with Gasteiger partial charge in [-0.2, -0.15) is 0 Å². The van der Waals surface area contributed by atoms with E-state index in [1.807, 2.05) is 11.8 Å². The Labute approximate surface area is 125 Å². The Morgan fingerprint density at radius 1 is 1.43 bits per heavy atom. The standard InChI is InChI=1S/C16H23FN2O2/c1-3-21-14-6-8-19(9-7-14)16(20)18-11-13-4-5-15(17)12(2)10-13/h4-5,10,14H,3,6-9,11H2,1-2H3,(H,18,20). The fourth-order valence-corrected chi connectivity index (χ4v) is 2.57. The molecule has 1 heterocycles. The number of carbonyl (C=O) groups excluding carboxylic acids is 1. The highest BCUT2D eigenvalue weighted by atomic mass is 19.1. The summed E-state index contributed by atoms with van der Waals surface area (Å²) in [5.41, 5.74) is 1.51. The van der Waals surface area contributed by atoms with E-state index in [0.717, 1.165) is 38.1 Å². The third kappa shape index (κ3) is 4.43. The molecule has 1 aromatic carbocycles. The molecule has 0 aromatic heterocycles. The molecule has 2 rings (SSSR count). The SMILES string of the molecule is CCOC1CCN(C(=O)NCc2ccc(F)c(C)c2)CC1. The number of halogens is 1. The molecule has 116 valence electrons. The van der Waals surface area contributed by atoms with E-state index in [9.17, 15) is 9.18 Å². The van der Waals surface area contributed by atoms with Crippen molar-refractivity contribution in [2.24, 2.45) is 0 Å². The van der Waals surface area contributed by atoms with Crippen LogP contribution in [-0.4, -0.2) is 36.7 Å². The van der Waals surface area contributed by atoms with Crippen LogP contribution in [0.1, 0.15) is 30.9 Å². The second kappa shape index (κ2) is 7.41. The lowest BCUT2D eigenvalue weighted by molar-refractivity contribution is 0.0220. The molecule has 21 heavy (non-hydrogen) atoms. The van der Waals surface area contributed by atoms with Crippen molar-refractivity contribution >= 4 is 6.03 Å². The van der Waals surface area contributed by atoms with Crippen LogP contribution in [0.4, 0.5) is 9.18 Å². The summed E-state index contributed by atoms with van der Waals surface area (Å²) in [6.07, 6.45) is 2.05. The minimum absolute atomic E-state index is 0.0630. The molecule has 1 aliphatic rings. The summed E-state index contributed by atoms with van der Waals surface area (Å²) in [6.45, 7) is 6.30. The molecular formula is C16H23FN2O2. The zero-order valence-corrected chi connectivity index (χ0v) is 12.7. The molecule has 0 saturated carbocycles. The Balaban J connectivity index is 1.78. The van der Waals surface area contributed by atoms with E-state index in [4.69, 9.17) is 4.74 Å². The fraction of sp³-hybridized carbons (Fsp3) is 0.562. The Bertz CT molecular complexity index is 485. The second-order valence-electron chi connectivity index (χ2n) is 5.38. The number of hydrogen-bond acceptors (Lipinski definition) is 2. The number of likely N-dealkylation sites (tertiary alicyclic amines) is 1. The molecular weight excluding hydrogens is 271 g/mol. The number of ether oxygens (including phenoxy) is 1. The number of nitrogens with one attached hydrogen (secondary N) is 1. The van der Waals surface area contributed by atoms with Crippen LogP contribution < -0.4 is 5.32 Å². The maximum atomic E-state index is 13.2. The summed E-state index contributed by atoms with van der Waals surface area (Å²) in [4.78, 5) is 13.9. The van der Waals surface area contributed by atoms with Gasteiger partial charge in [0, 0.05) is 26.2 Å². The molecule has 1 fully saturated rings. The lowest BCUT2D eigenvalue weighted by atomic mass is 10.1. The molecule has 4 nitrogen and oxygen atoms in total. The lowest BCUT2D eigenvalue weighted by Crippen LogP contribution is -2.45. The van der Waals surface area contributed by atoms with E-state index in [1.165, 1.54) is 6.07 Å². The van der Waals surface area contributed by atoms with E-state index >= 15 is 0 Å². The molecule has 0 radical (unpaired) electrons. The number of aryl methyl sites for hydroxylation is 1. The first-order chi connectivity index (χ1) is 10.1. The summed E-state index contributed by atoms with van der Waals surface area (Å²) in [5.74, 6) is -0.219. The van der Waals surface area contributed by atoms with Crippen molar-refractivity contribution in [3.05, 3.63) is 35.1 Å². The van der Waals surface area contributed by atoms with E-state index < -0.39 is 0 Å². The molecule has 1 aliphatic heterocycles. The van der Waals surface area contributed by atoms with Gasteiger partial charge in [0.15, 0.2) is 0 Å². The highest BCUT2D eigenvalue weighted by Crippen LogP contribution is 2.14. The molecule has 0 aliphatic carbocycles. The summed E-state index contributed by atoms with van der Waals surface area (Å²) >= 11 is 0. The lowest BCUT2D eigenvalue weighted by Gasteiger charge is -2.31. The van der Waals surface area contributed by atoms with Crippen molar-refractivity contribution in [3.8, 4) is 0 Å². The van der Waals surface area contributed by atoms with Gasteiger partial charge in [0.05, 0.1) is 6.10 Å². The van der Waals surface area contributed by atoms with Crippen LogP contribution in [0.15, 0.2) is 18.2 Å². The number of rotatable bonds is 4. The minimum Gasteiger partial charge on any atom is -0.378 e. The monoisotopic (exact) mass is 294 g/mol. The molecule has 1 N–H and O–H groups in total. The van der Waals surface area contributed by atoms with Gasteiger partial charge in [-0.05, 0) is 43.9 Å². The average molecular weight is 294 g/mol. The van der Waals surface area contributed by atoms with Gasteiger partial charge >= 0.3 is 6.03 Å². The smallest absolute Gasteiger partial charge is 0.317 e. The van der Waals surface area contributed by atoms with Crippen LogP contribution in [-0.2, 0) is 11.3 Å². The second-order valence-corrected chi connectivity index (χ2v) is 5.38. The van der Waals surface area contributed by atoms with Crippen LogP contribution in [0.25, 0.3) is 0 Å². The quantitative estimate of drug-likeness (QED) is 0.927. The maximum absolute atomic E-state index is 13.2. The first-order valence-corrected chi connectivity index (χ1v) is 7.49. The molecule has 0 atom stereocenters. The van der Waals surface area contributed by atoms with Crippen molar-refractivity contribution < 1.29 is 13.9 Å². The van der Waals surface area contributed by atoms with Gasteiger partial charge in [-0.15, -0.1) is 0 Å². The molecule has 1 aromatic rings. The predicted octanol–water partition coefficient (Wildman–Crippen LogP) is 2.84. The van der Waals surface area contributed by atoms with Gasteiger partial charge in [0.1, 0.15) is 5.82 Å². The first kappa shape index (κ1) is 15.8. The Morgan fingerprint density at radius 2 is 2.14 bits per heavy atom. The zero-order valence-electron chi connectivity index (χ0n) is 12.7. The molecule has 0 spiro atoms. The largest absolute Gasteiger partial charge is 0.378 e. The number of amides is 2. The number of carbonyl (C=O) groups is 1.